The van der Waals surface area contributed by atoms with Gasteiger partial charge in [-0.05, 0) is 38.8 Å². The van der Waals surface area contributed by atoms with Gasteiger partial charge in [0, 0.05) is 24.5 Å². The molecule has 2 atom stereocenters. The van der Waals surface area contributed by atoms with E-state index in [-0.39, 0.29) is 5.91 Å². The minimum Gasteiger partial charge on any atom is -0.342 e. The number of fused-ring (bicyclic) bond motifs is 1. The van der Waals surface area contributed by atoms with Crippen LogP contribution in [-0.4, -0.2) is 53.4 Å². The summed E-state index contributed by atoms with van der Waals surface area (Å²) in [6.45, 7) is 3.01. The molecule has 0 aromatic carbocycles. The van der Waals surface area contributed by atoms with Crippen LogP contribution in [0.3, 0.4) is 0 Å². The maximum absolute atomic E-state index is 12.5. The Bertz CT molecular complexity index is 507. The van der Waals surface area contributed by atoms with Gasteiger partial charge in [0.1, 0.15) is 5.01 Å². The SMILES string of the molecule is CN1CCCC2CN(C(=O)Cc3nc(CCl)cs3)CCC21. The van der Waals surface area contributed by atoms with Crippen LogP contribution in [-0.2, 0) is 17.1 Å². The molecule has 3 heterocycles. The van der Waals surface area contributed by atoms with Crippen molar-refractivity contribution < 1.29 is 4.79 Å². The molecule has 1 amide bonds. The molecule has 0 saturated carbocycles. The van der Waals surface area contributed by atoms with Crippen molar-refractivity contribution in [3.63, 3.8) is 0 Å². The summed E-state index contributed by atoms with van der Waals surface area (Å²) in [5.74, 6) is 1.29. The maximum atomic E-state index is 12.5. The maximum Gasteiger partial charge on any atom is 0.229 e. The van der Waals surface area contributed by atoms with Crippen LogP contribution in [0.5, 0.6) is 0 Å². The fourth-order valence-electron chi connectivity index (χ4n) is 3.61. The molecule has 116 valence electrons. The lowest BCUT2D eigenvalue weighted by molar-refractivity contribution is -0.134. The van der Waals surface area contributed by atoms with Crippen LogP contribution in [0.15, 0.2) is 5.38 Å². The van der Waals surface area contributed by atoms with E-state index in [9.17, 15) is 4.79 Å². The average molecular weight is 328 g/mol. The first-order valence-electron chi connectivity index (χ1n) is 7.64. The van der Waals surface area contributed by atoms with E-state index in [2.05, 4.69) is 16.9 Å². The number of hydrogen-bond donors (Lipinski definition) is 0. The number of thiazole rings is 1. The third-order valence-electron chi connectivity index (χ3n) is 4.74. The molecular weight excluding hydrogens is 306 g/mol. The smallest absolute Gasteiger partial charge is 0.229 e. The topological polar surface area (TPSA) is 36.4 Å². The predicted octanol–water partition coefficient (Wildman–Crippen LogP) is 2.37. The van der Waals surface area contributed by atoms with Gasteiger partial charge < -0.3 is 9.80 Å². The van der Waals surface area contributed by atoms with Gasteiger partial charge in [0.2, 0.25) is 5.91 Å². The summed E-state index contributed by atoms with van der Waals surface area (Å²) in [4.78, 5) is 21.4. The Morgan fingerprint density at radius 3 is 3.10 bits per heavy atom. The Labute approximate surface area is 135 Å². The molecule has 0 bridgehead atoms. The van der Waals surface area contributed by atoms with Crippen LogP contribution >= 0.6 is 22.9 Å². The minimum atomic E-state index is 0.220. The summed E-state index contributed by atoms with van der Waals surface area (Å²) in [5.41, 5.74) is 0.872. The molecule has 2 aliphatic rings. The van der Waals surface area contributed by atoms with E-state index in [0.29, 0.717) is 24.3 Å². The van der Waals surface area contributed by atoms with Gasteiger partial charge in [-0.15, -0.1) is 22.9 Å². The second-order valence-corrected chi connectivity index (χ2v) is 7.33. The highest BCUT2D eigenvalue weighted by molar-refractivity contribution is 7.09. The number of carbonyl (C=O) groups excluding carboxylic acids is 1. The number of likely N-dealkylation sites (tertiary alicyclic amines) is 2. The molecule has 2 saturated heterocycles. The summed E-state index contributed by atoms with van der Waals surface area (Å²) in [6, 6.07) is 0.672. The lowest BCUT2D eigenvalue weighted by Crippen LogP contribution is -2.54. The van der Waals surface area contributed by atoms with Crippen LogP contribution in [0.1, 0.15) is 30.0 Å². The summed E-state index contributed by atoms with van der Waals surface area (Å²) in [7, 11) is 2.22. The van der Waals surface area contributed by atoms with Crippen molar-refractivity contribution >= 4 is 28.8 Å². The van der Waals surface area contributed by atoms with E-state index in [1.165, 1.54) is 30.7 Å². The minimum absolute atomic E-state index is 0.220. The molecule has 6 heteroatoms. The fraction of sp³-hybridized carbons (Fsp3) is 0.733. The highest BCUT2D eigenvalue weighted by atomic mass is 35.5. The van der Waals surface area contributed by atoms with Crippen molar-refractivity contribution in [3.8, 4) is 0 Å². The summed E-state index contributed by atoms with van der Waals surface area (Å²) >= 11 is 7.30. The first-order valence-corrected chi connectivity index (χ1v) is 9.06. The van der Waals surface area contributed by atoms with E-state index in [1.807, 2.05) is 10.3 Å². The highest BCUT2D eigenvalue weighted by Gasteiger charge is 2.35. The number of amides is 1. The van der Waals surface area contributed by atoms with Crippen molar-refractivity contribution in [2.75, 3.05) is 26.7 Å². The Morgan fingerprint density at radius 1 is 1.48 bits per heavy atom. The standard InChI is InChI=1S/C15H22ClN3OS/c1-18-5-2-3-11-9-19(6-4-13(11)18)15(20)7-14-17-12(8-16)10-21-14/h10-11,13H,2-9H2,1H3. The molecule has 0 radical (unpaired) electrons. The monoisotopic (exact) mass is 327 g/mol. The second kappa shape index (κ2) is 6.63. The third kappa shape index (κ3) is 3.41. The molecule has 1 aromatic rings. The van der Waals surface area contributed by atoms with E-state index in [4.69, 9.17) is 11.6 Å². The Hall–Kier alpha value is -0.650. The Balaban J connectivity index is 1.58. The highest BCUT2D eigenvalue weighted by Crippen LogP contribution is 2.29. The van der Waals surface area contributed by atoms with Gasteiger partial charge >= 0.3 is 0 Å². The molecular formula is C15H22ClN3OS. The van der Waals surface area contributed by atoms with Crippen LogP contribution in [0.2, 0.25) is 0 Å². The first-order chi connectivity index (χ1) is 10.2. The van der Waals surface area contributed by atoms with Crippen molar-refractivity contribution in [2.24, 2.45) is 5.92 Å². The quantitative estimate of drug-likeness (QED) is 0.800. The predicted molar refractivity (Wildman–Crippen MR) is 85.7 cm³/mol. The Morgan fingerprint density at radius 2 is 2.33 bits per heavy atom. The normalized spacial score (nSPS) is 26.7. The van der Waals surface area contributed by atoms with Crippen LogP contribution in [0.4, 0.5) is 0 Å². The molecule has 0 spiro atoms. The van der Waals surface area contributed by atoms with E-state index < -0.39 is 0 Å². The summed E-state index contributed by atoms with van der Waals surface area (Å²) in [5, 5.41) is 2.83. The average Bonchev–Trinajstić information content (AvgIpc) is 2.95. The molecule has 3 rings (SSSR count). The van der Waals surface area contributed by atoms with Gasteiger partial charge in [0.15, 0.2) is 0 Å². The zero-order chi connectivity index (χ0) is 14.8. The zero-order valence-electron chi connectivity index (χ0n) is 12.4. The number of rotatable bonds is 3. The molecule has 1 aromatic heterocycles. The molecule has 4 nitrogen and oxygen atoms in total. The third-order valence-corrected chi connectivity index (χ3v) is 5.91. The van der Waals surface area contributed by atoms with Gasteiger partial charge in [-0.25, -0.2) is 4.98 Å². The van der Waals surface area contributed by atoms with E-state index >= 15 is 0 Å². The lowest BCUT2D eigenvalue weighted by Gasteiger charge is -2.46. The zero-order valence-corrected chi connectivity index (χ0v) is 14.0. The number of aromatic nitrogens is 1. The van der Waals surface area contributed by atoms with Crippen LogP contribution < -0.4 is 0 Å². The summed E-state index contributed by atoms with van der Waals surface area (Å²) < 4.78 is 0. The molecule has 2 unspecified atom stereocenters. The van der Waals surface area contributed by atoms with Crippen LogP contribution in [0, 0.1) is 5.92 Å². The largest absolute Gasteiger partial charge is 0.342 e. The number of nitrogens with zero attached hydrogens (tertiary/aromatic N) is 3. The molecule has 0 N–H and O–H groups in total. The van der Waals surface area contributed by atoms with Crippen molar-refractivity contribution in [1.29, 1.82) is 0 Å². The van der Waals surface area contributed by atoms with Gasteiger partial charge in [0.25, 0.3) is 0 Å². The Kier molecular flexibility index (Phi) is 4.82. The van der Waals surface area contributed by atoms with E-state index in [1.54, 1.807) is 0 Å². The number of halogens is 1. The first kappa shape index (κ1) is 15.3. The number of piperidine rings is 2. The van der Waals surface area contributed by atoms with Gasteiger partial charge in [0.05, 0.1) is 18.0 Å². The lowest BCUT2D eigenvalue weighted by atomic mass is 9.84. The van der Waals surface area contributed by atoms with Crippen LogP contribution in [0.25, 0.3) is 0 Å². The molecule has 2 aliphatic heterocycles. The molecule has 0 aliphatic carbocycles. The fourth-order valence-corrected chi connectivity index (χ4v) is 4.62. The number of carbonyl (C=O) groups is 1. The van der Waals surface area contributed by atoms with Gasteiger partial charge in [-0.3, -0.25) is 4.79 Å². The molecule has 21 heavy (non-hydrogen) atoms. The van der Waals surface area contributed by atoms with Gasteiger partial charge in [-0.2, -0.15) is 0 Å². The van der Waals surface area contributed by atoms with E-state index in [0.717, 1.165) is 30.2 Å². The number of alkyl halides is 1. The summed E-state index contributed by atoms with van der Waals surface area (Å²) in [6.07, 6.45) is 4.05. The molecule has 2 fully saturated rings. The van der Waals surface area contributed by atoms with Crippen molar-refractivity contribution in [2.45, 2.75) is 37.6 Å². The van der Waals surface area contributed by atoms with Gasteiger partial charge in [-0.1, -0.05) is 0 Å². The number of hydrogen-bond acceptors (Lipinski definition) is 4. The second-order valence-electron chi connectivity index (χ2n) is 6.12. The van der Waals surface area contributed by atoms with Crippen molar-refractivity contribution in [3.05, 3.63) is 16.1 Å². The van der Waals surface area contributed by atoms with Crippen molar-refractivity contribution in [1.82, 2.24) is 14.8 Å².